The van der Waals surface area contributed by atoms with Gasteiger partial charge in [-0.2, -0.15) is 0 Å². The maximum absolute atomic E-state index is 13.3. The number of para-hydroxylation sites is 1. The van der Waals surface area contributed by atoms with Crippen molar-refractivity contribution in [3.05, 3.63) is 77.5 Å². The number of hydrogen-bond donors (Lipinski definition) is 1. The zero-order valence-corrected chi connectivity index (χ0v) is 17.7. The predicted octanol–water partition coefficient (Wildman–Crippen LogP) is 5.65. The van der Waals surface area contributed by atoms with E-state index in [0.717, 1.165) is 52.8 Å². The second kappa shape index (κ2) is 8.57. The number of carbonyl (C=O) groups excluding carboxylic acids is 1. The summed E-state index contributed by atoms with van der Waals surface area (Å²) >= 11 is 0. The predicted molar refractivity (Wildman–Crippen MR) is 120 cm³/mol. The van der Waals surface area contributed by atoms with Gasteiger partial charge in [0.25, 0.3) is 0 Å². The van der Waals surface area contributed by atoms with Gasteiger partial charge in [0.15, 0.2) is 0 Å². The van der Waals surface area contributed by atoms with Gasteiger partial charge in [-0.25, -0.2) is 4.98 Å². The van der Waals surface area contributed by atoms with E-state index in [1.807, 2.05) is 73.3 Å². The van der Waals surface area contributed by atoms with Crippen molar-refractivity contribution in [2.45, 2.75) is 39.7 Å². The van der Waals surface area contributed by atoms with Crippen LogP contribution < -0.4 is 15.0 Å². The van der Waals surface area contributed by atoms with Crippen LogP contribution in [-0.4, -0.2) is 17.4 Å². The highest BCUT2D eigenvalue weighted by Gasteiger charge is 2.35. The number of nitrogens with one attached hydrogen (secondary N) is 1. The summed E-state index contributed by atoms with van der Waals surface area (Å²) in [6.45, 7) is 7.53. The second-order valence-corrected chi connectivity index (χ2v) is 7.51. The fourth-order valence-corrected chi connectivity index (χ4v) is 3.94. The quantitative estimate of drug-likeness (QED) is 0.579. The molecular weight excluding hydrogens is 374 g/mol. The van der Waals surface area contributed by atoms with E-state index in [9.17, 15) is 4.79 Å². The lowest BCUT2D eigenvalue weighted by Gasteiger charge is -2.34. The Morgan fingerprint density at radius 3 is 2.43 bits per heavy atom. The summed E-state index contributed by atoms with van der Waals surface area (Å²) in [4.78, 5) is 20.0. The van der Waals surface area contributed by atoms with Crippen LogP contribution in [0.4, 0.5) is 11.5 Å². The smallest absolute Gasteiger partial charge is 0.236 e. The average Bonchev–Trinajstić information content (AvgIpc) is 2.75. The molecule has 1 amide bonds. The lowest BCUT2D eigenvalue weighted by Crippen LogP contribution is -2.40. The van der Waals surface area contributed by atoms with E-state index >= 15 is 0 Å². The van der Waals surface area contributed by atoms with E-state index in [2.05, 4.69) is 18.3 Å². The Morgan fingerprint density at radius 2 is 1.77 bits per heavy atom. The topological polar surface area (TPSA) is 54.5 Å². The average molecular weight is 402 g/mol. The number of pyridine rings is 1. The Bertz CT molecular complexity index is 1030. The second-order valence-electron chi connectivity index (χ2n) is 7.51. The first-order valence-electron chi connectivity index (χ1n) is 10.5. The number of carbonyl (C=O) groups is 1. The number of anilines is 2. The van der Waals surface area contributed by atoms with Gasteiger partial charge in [-0.3, -0.25) is 4.79 Å². The number of benzene rings is 2. The molecule has 1 aromatic heterocycles. The van der Waals surface area contributed by atoms with Gasteiger partial charge >= 0.3 is 0 Å². The molecule has 0 saturated carbocycles. The number of aryl methyl sites for hydroxylation is 1. The summed E-state index contributed by atoms with van der Waals surface area (Å²) < 4.78 is 5.88. The van der Waals surface area contributed by atoms with Crippen LogP contribution in [0.3, 0.4) is 0 Å². The highest BCUT2D eigenvalue weighted by atomic mass is 16.5. The maximum Gasteiger partial charge on any atom is 0.236 e. The Hall–Kier alpha value is -3.34. The molecule has 0 fully saturated rings. The summed E-state index contributed by atoms with van der Waals surface area (Å²) in [5.41, 5.74) is 4.10. The zero-order valence-electron chi connectivity index (χ0n) is 17.7. The highest BCUT2D eigenvalue weighted by molar-refractivity contribution is 5.99. The van der Waals surface area contributed by atoms with E-state index < -0.39 is 0 Å². The molecule has 0 radical (unpaired) electrons. The molecule has 5 heteroatoms. The minimum Gasteiger partial charge on any atom is -0.457 e. The number of aromatic nitrogens is 1. The van der Waals surface area contributed by atoms with Gasteiger partial charge in [-0.1, -0.05) is 25.1 Å². The van der Waals surface area contributed by atoms with Crippen molar-refractivity contribution >= 4 is 17.4 Å². The van der Waals surface area contributed by atoms with Crippen molar-refractivity contribution < 1.29 is 9.53 Å². The molecule has 1 unspecified atom stereocenters. The van der Waals surface area contributed by atoms with Crippen molar-refractivity contribution in [3.63, 3.8) is 0 Å². The van der Waals surface area contributed by atoms with Crippen LogP contribution in [0.5, 0.6) is 11.5 Å². The largest absolute Gasteiger partial charge is 0.457 e. The molecule has 30 heavy (non-hydrogen) atoms. The Balaban J connectivity index is 1.62. The van der Waals surface area contributed by atoms with Crippen LogP contribution in [0.1, 0.15) is 43.0 Å². The monoisotopic (exact) mass is 401 g/mol. The van der Waals surface area contributed by atoms with Crippen molar-refractivity contribution in [2.24, 2.45) is 0 Å². The van der Waals surface area contributed by atoms with Crippen molar-refractivity contribution in [1.29, 1.82) is 0 Å². The first-order valence-corrected chi connectivity index (χ1v) is 10.5. The Kier molecular flexibility index (Phi) is 5.70. The van der Waals surface area contributed by atoms with Gasteiger partial charge in [-0.15, -0.1) is 0 Å². The van der Waals surface area contributed by atoms with Gasteiger partial charge in [0.05, 0.1) is 18.2 Å². The zero-order chi connectivity index (χ0) is 21.1. The van der Waals surface area contributed by atoms with E-state index in [-0.39, 0.29) is 11.8 Å². The molecule has 1 aliphatic heterocycles. The molecule has 1 N–H and O–H groups in total. The molecule has 1 atom stereocenters. The molecule has 0 bridgehead atoms. The molecule has 1 aliphatic rings. The SMILES string of the molecule is CCNc1cc(C)c2c(n1)C(CC)C(=O)N(c1ccc(Oc3ccccc3)cc1)C2. The van der Waals surface area contributed by atoms with E-state index in [0.29, 0.717) is 6.54 Å². The summed E-state index contributed by atoms with van der Waals surface area (Å²) in [6.07, 6.45) is 0.722. The Morgan fingerprint density at radius 1 is 1.07 bits per heavy atom. The fourth-order valence-electron chi connectivity index (χ4n) is 3.94. The van der Waals surface area contributed by atoms with Crippen LogP contribution in [0.2, 0.25) is 0 Å². The van der Waals surface area contributed by atoms with Gasteiger partial charge in [-0.05, 0) is 73.9 Å². The van der Waals surface area contributed by atoms with Crippen LogP contribution >= 0.6 is 0 Å². The molecular formula is C25H27N3O2. The first-order chi connectivity index (χ1) is 14.6. The third kappa shape index (κ3) is 3.88. The maximum atomic E-state index is 13.3. The highest BCUT2D eigenvalue weighted by Crippen LogP contribution is 2.36. The molecule has 5 nitrogen and oxygen atoms in total. The molecule has 0 aliphatic carbocycles. The summed E-state index contributed by atoms with van der Waals surface area (Å²) in [5.74, 6) is 2.25. The van der Waals surface area contributed by atoms with Crippen LogP contribution in [0.25, 0.3) is 0 Å². The fraction of sp³-hybridized carbons (Fsp3) is 0.280. The lowest BCUT2D eigenvalue weighted by molar-refractivity contribution is -0.120. The number of fused-ring (bicyclic) bond motifs is 1. The first kappa shape index (κ1) is 20.0. The number of amides is 1. The van der Waals surface area contributed by atoms with E-state index in [1.165, 1.54) is 0 Å². The normalized spacial score (nSPS) is 15.6. The van der Waals surface area contributed by atoms with Crippen LogP contribution in [0.15, 0.2) is 60.7 Å². The van der Waals surface area contributed by atoms with E-state index in [1.54, 1.807) is 0 Å². The summed E-state index contributed by atoms with van der Waals surface area (Å²) in [6, 6.07) is 19.5. The number of nitrogens with zero attached hydrogens (tertiary/aromatic N) is 2. The molecule has 2 heterocycles. The molecule has 4 rings (SSSR count). The third-order valence-electron chi connectivity index (χ3n) is 5.48. The van der Waals surface area contributed by atoms with Crippen molar-refractivity contribution in [1.82, 2.24) is 4.98 Å². The van der Waals surface area contributed by atoms with Gasteiger partial charge in [0.2, 0.25) is 5.91 Å². The number of rotatable bonds is 6. The van der Waals surface area contributed by atoms with Gasteiger partial charge in [0.1, 0.15) is 17.3 Å². The molecule has 3 aromatic rings. The molecule has 2 aromatic carbocycles. The number of hydrogen-bond acceptors (Lipinski definition) is 4. The van der Waals surface area contributed by atoms with Crippen molar-refractivity contribution in [3.8, 4) is 11.5 Å². The lowest BCUT2D eigenvalue weighted by atomic mass is 9.89. The summed E-state index contributed by atoms with van der Waals surface area (Å²) in [7, 11) is 0. The Labute approximate surface area is 177 Å². The molecule has 0 saturated heterocycles. The third-order valence-corrected chi connectivity index (χ3v) is 5.48. The van der Waals surface area contributed by atoms with Crippen molar-refractivity contribution in [2.75, 3.05) is 16.8 Å². The van der Waals surface area contributed by atoms with Crippen LogP contribution in [-0.2, 0) is 11.3 Å². The summed E-state index contributed by atoms with van der Waals surface area (Å²) in [5, 5.41) is 3.28. The molecule has 0 spiro atoms. The minimum atomic E-state index is -0.230. The molecule has 154 valence electrons. The van der Waals surface area contributed by atoms with Crippen LogP contribution in [0, 0.1) is 6.92 Å². The van der Waals surface area contributed by atoms with E-state index in [4.69, 9.17) is 9.72 Å². The van der Waals surface area contributed by atoms with Gasteiger partial charge < -0.3 is 15.0 Å². The number of ether oxygens (including phenoxy) is 1. The van der Waals surface area contributed by atoms with Gasteiger partial charge in [0, 0.05) is 12.2 Å². The standard InChI is InChI=1S/C25H27N3O2/c1-4-21-24-22(17(3)15-23(27-24)26-5-2)16-28(25(21)29)18-11-13-20(14-12-18)30-19-9-7-6-8-10-19/h6-15,21H,4-5,16H2,1-3H3,(H,26,27). The minimum absolute atomic E-state index is 0.0993.